The average Bonchev–Trinajstić information content (AvgIpc) is 3.67. The largest absolute Gasteiger partial charge is 0.436 e. The molecular formula is C44H34N2O. The van der Waals surface area contributed by atoms with Gasteiger partial charge in [-0.1, -0.05) is 123 Å². The van der Waals surface area contributed by atoms with Crippen LogP contribution in [0.4, 0.5) is 11.4 Å². The number of aromatic nitrogens is 1. The van der Waals surface area contributed by atoms with Crippen LogP contribution < -0.4 is 4.90 Å². The summed E-state index contributed by atoms with van der Waals surface area (Å²) in [6, 6.07) is 47.8. The quantitative estimate of drug-likeness (QED) is 0.195. The maximum Gasteiger partial charge on any atom is 0.227 e. The predicted molar refractivity (Wildman–Crippen MR) is 195 cm³/mol. The maximum atomic E-state index is 6.28. The third-order valence-electron chi connectivity index (χ3n) is 10.0. The van der Waals surface area contributed by atoms with Gasteiger partial charge in [-0.05, 0) is 87.7 Å². The van der Waals surface area contributed by atoms with Gasteiger partial charge in [0, 0.05) is 27.7 Å². The van der Waals surface area contributed by atoms with E-state index in [1.165, 1.54) is 39.1 Å². The number of oxazole rings is 1. The Hall–Kier alpha value is -5.67. The van der Waals surface area contributed by atoms with Crippen molar-refractivity contribution in [1.29, 1.82) is 0 Å². The molecule has 1 heterocycles. The first-order valence-corrected chi connectivity index (χ1v) is 16.4. The molecule has 0 spiro atoms. The lowest BCUT2D eigenvalue weighted by molar-refractivity contribution is 0.620. The number of hydrogen-bond acceptors (Lipinski definition) is 3. The maximum absolute atomic E-state index is 6.28. The van der Waals surface area contributed by atoms with Gasteiger partial charge in [0.1, 0.15) is 5.52 Å². The van der Waals surface area contributed by atoms with E-state index in [9.17, 15) is 0 Å². The molecule has 2 aliphatic rings. The zero-order chi connectivity index (χ0) is 31.5. The summed E-state index contributed by atoms with van der Waals surface area (Å²) in [6.45, 7) is 4.70. The minimum Gasteiger partial charge on any atom is -0.436 e. The Kier molecular flexibility index (Phi) is 6.29. The van der Waals surface area contributed by atoms with E-state index in [4.69, 9.17) is 9.40 Å². The summed E-state index contributed by atoms with van der Waals surface area (Å²) in [6.07, 6.45) is 7.92. The molecule has 0 aliphatic heterocycles. The van der Waals surface area contributed by atoms with Crippen molar-refractivity contribution >= 4 is 38.8 Å². The van der Waals surface area contributed by atoms with Crippen molar-refractivity contribution in [2.75, 3.05) is 4.90 Å². The van der Waals surface area contributed by atoms with Gasteiger partial charge in [-0.2, -0.15) is 0 Å². The van der Waals surface area contributed by atoms with E-state index in [0.29, 0.717) is 5.89 Å². The van der Waals surface area contributed by atoms with E-state index in [2.05, 4.69) is 134 Å². The Balaban J connectivity index is 1.19. The summed E-state index contributed by atoms with van der Waals surface area (Å²) >= 11 is 0. The molecule has 0 N–H and O–H groups in total. The van der Waals surface area contributed by atoms with Crippen LogP contribution in [0.1, 0.15) is 37.0 Å². The molecule has 1 atom stereocenters. The van der Waals surface area contributed by atoms with Crippen molar-refractivity contribution in [3.05, 3.63) is 168 Å². The topological polar surface area (TPSA) is 29.3 Å². The van der Waals surface area contributed by atoms with Crippen LogP contribution in [0, 0.1) is 0 Å². The van der Waals surface area contributed by atoms with Crippen LogP contribution in [0.3, 0.4) is 0 Å². The van der Waals surface area contributed by atoms with Crippen LogP contribution in [0.15, 0.2) is 156 Å². The van der Waals surface area contributed by atoms with Crippen LogP contribution >= 0.6 is 0 Å². The fraction of sp³-hybridized carbons (Fsp3) is 0.114. The summed E-state index contributed by atoms with van der Waals surface area (Å²) in [7, 11) is 0. The molecule has 3 heteroatoms. The minimum absolute atomic E-state index is 0.0828. The van der Waals surface area contributed by atoms with Gasteiger partial charge in [-0.25, -0.2) is 4.98 Å². The van der Waals surface area contributed by atoms with Crippen molar-refractivity contribution < 1.29 is 4.42 Å². The Labute approximate surface area is 275 Å². The van der Waals surface area contributed by atoms with Gasteiger partial charge in [0.15, 0.2) is 5.58 Å². The summed E-state index contributed by atoms with van der Waals surface area (Å²) in [5, 5.41) is 2.23. The lowest BCUT2D eigenvalue weighted by Gasteiger charge is -2.34. The molecule has 0 radical (unpaired) electrons. The van der Waals surface area contributed by atoms with Gasteiger partial charge in [0.2, 0.25) is 5.89 Å². The Morgan fingerprint density at radius 3 is 2.15 bits per heavy atom. The molecule has 9 rings (SSSR count). The highest BCUT2D eigenvalue weighted by atomic mass is 16.3. The number of nitrogens with zero attached hydrogens (tertiary/aromatic N) is 2. The fourth-order valence-corrected chi connectivity index (χ4v) is 7.57. The minimum atomic E-state index is -0.0828. The molecule has 7 aromatic rings. The number of fused-ring (bicyclic) bond motifs is 6. The van der Waals surface area contributed by atoms with Crippen molar-refractivity contribution in [1.82, 2.24) is 4.98 Å². The predicted octanol–water partition coefficient (Wildman–Crippen LogP) is 11.5. The highest BCUT2D eigenvalue weighted by molar-refractivity contribution is 6.05. The van der Waals surface area contributed by atoms with Crippen LogP contribution in [0.25, 0.3) is 50.0 Å². The first-order chi connectivity index (χ1) is 23.0. The molecule has 1 aromatic heterocycles. The molecule has 6 aromatic carbocycles. The van der Waals surface area contributed by atoms with Crippen molar-refractivity contribution in [2.24, 2.45) is 0 Å². The smallest absolute Gasteiger partial charge is 0.227 e. The first kappa shape index (κ1) is 27.6. The van der Waals surface area contributed by atoms with Crippen LogP contribution in [-0.2, 0) is 5.41 Å². The monoisotopic (exact) mass is 606 g/mol. The zero-order valence-corrected chi connectivity index (χ0v) is 26.5. The average molecular weight is 607 g/mol. The number of benzene rings is 6. The second-order valence-electron chi connectivity index (χ2n) is 13.2. The van der Waals surface area contributed by atoms with E-state index in [1.54, 1.807) is 0 Å². The Bertz CT molecular complexity index is 2360. The summed E-state index contributed by atoms with van der Waals surface area (Å²) in [4.78, 5) is 7.53. The molecule has 0 bridgehead atoms. The van der Waals surface area contributed by atoms with E-state index < -0.39 is 0 Å². The van der Waals surface area contributed by atoms with Gasteiger partial charge < -0.3 is 9.32 Å². The standard InChI is InChI=1S/C44H34N2O/c1-44(2)39-16-10-9-15-36(39)37-25-24-35(28-40(37)44)46(33-21-17-30(18-22-33)29-11-5-3-6-12-29)34-23-19-31-20-26-41-42(38(31)27-34)45-43(47-41)32-13-7-4-8-14-32/h3-21,23-28,33H,22H2,1-2H3. The molecule has 47 heavy (non-hydrogen) atoms. The molecule has 0 amide bonds. The highest BCUT2D eigenvalue weighted by Crippen LogP contribution is 2.50. The fourth-order valence-electron chi connectivity index (χ4n) is 7.57. The second kappa shape index (κ2) is 10.7. The van der Waals surface area contributed by atoms with Crippen molar-refractivity contribution in [3.63, 3.8) is 0 Å². The van der Waals surface area contributed by atoms with E-state index in [1.807, 2.05) is 36.4 Å². The summed E-state index contributed by atoms with van der Waals surface area (Å²) in [5.41, 5.74) is 12.8. The lowest BCUT2D eigenvalue weighted by Crippen LogP contribution is -2.30. The molecule has 0 saturated heterocycles. The molecule has 0 saturated carbocycles. The normalized spacial score (nSPS) is 16.2. The summed E-state index contributed by atoms with van der Waals surface area (Å²) in [5.74, 6) is 0.643. The lowest BCUT2D eigenvalue weighted by atomic mass is 9.82. The van der Waals surface area contributed by atoms with Crippen molar-refractivity contribution in [2.45, 2.75) is 31.7 Å². The van der Waals surface area contributed by atoms with Crippen LogP contribution in [0.2, 0.25) is 0 Å². The zero-order valence-electron chi connectivity index (χ0n) is 26.5. The Morgan fingerprint density at radius 1 is 0.681 bits per heavy atom. The van der Waals surface area contributed by atoms with Crippen LogP contribution in [0.5, 0.6) is 0 Å². The van der Waals surface area contributed by atoms with Crippen molar-refractivity contribution in [3.8, 4) is 22.6 Å². The number of rotatable bonds is 5. The molecule has 2 aliphatic carbocycles. The molecule has 226 valence electrons. The third kappa shape index (κ3) is 4.53. The van der Waals surface area contributed by atoms with Crippen LogP contribution in [-0.4, -0.2) is 11.0 Å². The van der Waals surface area contributed by atoms with E-state index in [0.717, 1.165) is 39.5 Å². The van der Waals surface area contributed by atoms with Gasteiger partial charge in [0.05, 0.1) is 6.04 Å². The SMILES string of the molecule is CC1(C)c2ccccc2-c2ccc(N(c3ccc4ccc5oc(-c6ccccc6)nc5c4c3)C3C=CC(c4ccccc4)=CC3)cc21. The number of anilines is 2. The van der Waals surface area contributed by atoms with E-state index in [-0.39, 0.29) is 11.5 Å². The molecular weight excluding hydrogens is 572 g/mol. The number of hydrogen-bond donors (Lipinski definition) is 0. The Morgan fingerprint density at radius 2 is 1.36 bits per heavy atom. The van der Waals surface area contributed by atoms with Gasteiger partial charge in [0.25, 0.3) is 0 Å². The highest BCUT2D eigenvalue weighted by Gasteiger charge is 2.36. The summed E-state index contributed by atoms with van der Waals surface area (Å²) < 4.78 is 6.28. The molecule has 0 fully saturated rings. The van der Waals surface area contributed by atoms with Gasteiger partial charge >= 0.3 is 0 Å². The van der Waals surface area contributed by atoms with Gasteiger partial charge in [-0.3, -0.25) is 0 Å². The number of allylic oxidation sites excluding steroid dienone is 2. The van der Waals surface area contributed by atoms with Gasteiger partial charge in [-0.15, -0.1) is 0 Å². The second-order valence-corrected chi connectivity index (χ2v) is 13.2. The third-order valence-corrected chi connectivity index (χ3v) is 10.0. The first-order valence-electron chi connectivity index (χ1n) is 16.4. The molecule has 1 unspecified atom stereocenters. The molecule has 3 nitrogen and oxygen atoms in total. The van der Waals surface area contributed by atoms with E-state index >= 15 is 0 Å².